The SMILES string of the molecule is Cc1cc(C)c(C)c(N(c2ccc3c(-c4cccc5ccccc45)c4cc(N(c5ccccn5)c5c(C)c(C)cc(C)c5C)ccc4c(-c4cccc5ccccc45)c3c2)c2ccccn2)c1C. The second-order valence-electron chi connectivity index (χ2n) is 18.5. The highest BCUT2D eigenvalue weighted by Gasteiger charge is 2.26. The fourth-order valence-electron chi connectivity index (χ4n) is 10.7. The monoisotopic (exact) mass is 878 g/mol. The van der Waals surface area contributed by atoms with Crippen molar-refractivity contribution in [2.75, 3.05) is 9.80 Å². The van der Waals surface area contributed by atoms with Gasteiger partial charge in [0.05, 0.1) is 11.4 Å². The molecule has 2 heterocycles. The number of hydrogen-bond acceptors (Lipinski definition) is 4. The molecule has 0 aliphatic heterocycles. The first-order valence-corrected chi connectivity index (χ1v) is 23.7. The Morgan fingerprint density at radius 1 is 0.309 bits per heavy atom. The highest BCUT2D eigenvalue weighted by atomic mass is 15.2. The van der Waals surface area contributed by atoms with E-state index in [0.29, 0.717) is 0 Å². The summed E-state index contributed by atoms with van der Waals surface area (Å²) in [4.78, 5) is 14.8. The molecule has 0 N–H and O–H groups in total. The summed E-state index contributed by atoms with van der Waals surface area (Å²) in [6.45, 7) is 17.8. The summed E-state index contributed by atoms with van der Waals surface area (Å²) in [5, 5.41) is 9.53. The van der Waals surface area contributed by atoms with E-state index in [1.165, 1.54) is 121 Å². The number of fused-ring (bicyclic) bond motifs is 4. The van der Waals surface area contributed by atoms with Crippen LogP contribution in [0.1, 0.15) is 44.5 Å². The maximum Gasteiger partial charge on any atom is 0.137 e. The van der Waals surface area contributed by atoms with Crippen molar-refractivity contribution in [1.82, 2.24) is 9.97 Å². The third kappa shape index (κ3) is 6.98. The molecule has 0 saturated heterocycles. The van der Waals surface area contributed by atoms with Crippen molar-refractivity contribution < 1.29 is 0 Å². The first-order chi connectivity index (χ1) is 33.1. The predicted molar refractivity (Wildman–Crippen MR) is 290 cm³/mol. The first kappa shape index (κ1) is 42.5. The highest BCUT2D eigenvalue weighted by Crippen LogP contribution is 2.51. The van der Waals surface area contributed by atoms with Crippen LogP contribution >= 0.6 is 0 Å². The van der Waals surface area contributed by atoms with E-state index in [2.05, 4.69) is 223 Å². The summed E-state index contributed by atoms with van der Waals surface area (Å²) in [5.74, 6) is 1.75. The Kier molecular flexibility index (Phi) is 10.6. The Morgan fingerprint density at radius 3 is 1.06 bits per heavy atom. The molecule has 11 rings (SSSR count). The molecule has 0 atom stereocenters. The van der Waals surface area contributed by atoms with Gasteiger partial charge in [-0.3, -0.25) is 9.80 Å². The lowest BCUT2D eigenvalue weighted by atomic mass is 9.83. The van der Waals surface area contributed by atoms with Crippen LogP contribution in [0.2, 0.25) is 0 Å². The van der Waals surface area contributed by atoms with Gasteiger partial charge in [-0.25, -0.2) is 9.97 Å². The van der Waals surface area contributed by atoms with Gasteiger partial charge in [0.2, 0.25) is 0 Å². The van der Waals surface area contributed by atoms with Crippen LogP contribution in [0.15, 0.2) is 182 Å². The molecule has 4 nitrogen and oxygen atoms in total. The largest absolute Gasteiger partial charge is 0.294 e. The molecule has 2 aromatic heterocycles. The van der Waals surface area contributed by atoms with Crippen LogP contribution in [0, 0.1) is 55.4 Å². The van der Waals surface area contributed by atoms with Gasteiger partial charge in [-0.2, -0.15) is 0 Å². The van der Waals surface area contributed by atoms with Gasteiger partial charge < -0.3 is 0 Å². The Morgan fingerprint density at radius 2 is 0.676 bits per heavy atom. The van der Waals surface area contributed by atoms with E-state index in [4.69, 9.17) is 9.97 Å². The summed E-state index contributed by atoms with van der Waals surface area (Å²) in [5.41, 5.74) is 19.2. The molecule has 0 unspecified atom stereocenters. The molecule has 0 radical (unpaired) electrons. The van der Waals surface area contributed by atoms with Crippen molar-refractivity contribution in [3.8, 4) is 22.3 Å². The van der Waals surface area contributed by atoms with Crippen LogP contribution < -0.4 is 9.80 Å². The number of anilines is 6. The van der Waals surface area contributed by atoms with Gasteiger partial charge in [-0.15, -0.1) is 0 Å². The maximum absolute atomic E-state index is 5.04. The molecular weight excluding hydrogens is 825 g/mol. The zero-order valence-electron chi connectivity index (χ0n) is 40.1. The van der Waals surface area contributed by atoms with Crippen LogP contribution in [-0.2, 0) is 0 Å². The molecule has 0 amide bonds. The van der Waals surface area contributed by atoms with E-state index in [1.807, 2.05) is 24.5 Å². The van der Waals surface area contributed by atoms with Gasteiger partial charge >= 0.3 is 0 Å². The molecule has 0 fully saturated rings. The molecular formula is C64H54N4. The lowest BCUT2D eigenvalue weighted by molar-refractivity contribution is 1.13. The smallest absolute Gasteiger partial charge is 0.137 e. The van der Waals surface area contributed by atoms with Crippen LogP contribution in [0.5, 0.6) is 0 Å². The minimum absolute atomic E-state index is 0.876. The molecule has 4 heteroatoms. The zero-order chi connectivity index (χ0) is 46.8. The molecule has 0 spiro atoms. The Labute approximate surface area is 399 Å². The molecule has 9 aromatic carbocycles. The van der Waals surface area contributed by atoms with E-state index in [-0.39, 0.29) is 0 Å². The third-order valence-corrected chi connectivity index (χ3v) is 14.6. The average Bonchev–Trinajstić information content (AvgIpc) is 3.37. The summed E-state index contributed by atoms with van der Waals surface area (Å²) in [6, 6.07) is 62.4. The second-order valence-corrected chi connectivity index (χ2v) is 18.5. The Balaban J connectivity index is 1.32. The van der Waals surface area contributed by atoms with Gasteiger partial charge in [-0.05, 0) is 214 Å². The van der Waals surface area contributed by atoms with E-state index < -0.39 is 0 Å². The van der Waals surface area contributed by atoms with Crippen molar-refractivity contribution in [3.63, 3.8) is 0 Å². The van der Waals surface area contributed by atoms with Crippen molar-refractivity contribution in [2.24, 2.45) is 0 Å². The van der Waals surface area contributed by atoms with E-state index in [1.54, 1.807) is 0 Å². The average molecular weight is 879 g/mol. The van der Waals surface area contributed by atoms with Gasteiger partial charge in [0.15, 0.2) is 0 Å². The number of nitrogens with zero attached hydrogens (tertiary/aromatic N) is 4. The molecule has 0 bridgehead atoms. The predicted octanol–water partition coefficient (Wildman–Crippen LogP) is 17.8. The van der Waals surface area contributed by atoms with Crippen molar-refractivity contribution in [3.05, 3.63) is 227 Å². The van der Waals surface area contributed by atoms with Crippen LogP contribution in [0.25, 0.3) is 65.3 Å². The van der Waals surface area contributed by atoms with Crippen molar-refractivity contribution in [2.45, 2.75) is 55.4 Å². The lowest BCUT2D eigenvalue weighted by Gasteiger charge is -2.31. The number of benzene rings is 9. The minimum Gasteiger partial charge on any atom is -0.294 e. The first-order valence-electron chi connectivity index (χ1n) is 23.7. The number of aromatic nitrogens is 2. The quantitative estimate of drug-likeness (QED) is 0.142. The number of aryl methyl sites for hydroxylation is 4. The molecule has 330 valence electrons. The Hall–Kier alpha value is -8.08. The van der Waals surface area contributed by atoms with E-state index in [0.717, 1.165) is 23.0 Å². The zero-order valence-corrected chi connectivity index (χ0v) is 40.1. The van der Waals surface area contributed by atoms with Crippen LogP contribution in [0.3, 0.4) is 0 Å². The minimum atomic E-state index is 0.876. The normalized spacial score (nSPS) is 11.5. The summed E-state index contributed by atoms with van der Waals surface area (Å²) in [7, 11) is 0. The van der Waals surface area contributed by atoms with Gasteiger partial charge in [-0.1, -0.05) is 121 Å². The van der Waals surface area contributed by atoms with Gasteiger partial charge in [0.25, 0.3) is 0 Å². The van der Waals surface area contributed by atoms with Crippen LogP contribution in [-0.4, -0.2) is 9.97 Å². The van der Waals surface area contributed by atoms with Crippen LogP contribution in [0.4, 0.5) is 34.4 Å². The maximum atomic E-state index is 5.04. The van der Waals surface area contributed by atoms with Gasteiger partial charge in [0, 0.05) is 23.8 Å². The number of pyridine rings is 2. The molecule has 11 aromatic rings. The van der Waals surface area contributed by atoms with Crippen molar-refractivity contribution in [1.29, 1.82) is 0 Å². The van der Waals surface area contributed by atoms with E-state index in [9.17, 15) is 0 Å². The standard InChI is InChI=1S/C64H54N4/c1-39-35-40(2)44(6)63(43(39)5)67(59-27-13-15-33-65-59)49-29-31-55-57(37-49)61(53-25-17-21-47-19-9-11-23-51(47)53)56-32-30-50(38-58(56)62(55)54-26-18-22-48-20-10-12-24-52(48)54)68(60-28-14-16-34-66-60)64-45(7)41(3)36-42(4)46(64)8/h9-38H,1-8H3. The number of hydrogen-bond donors (Lipinski definition) is 0. The molecule has 0 aliphatic rings. The number of rotatable bonds is 8. The highest BCUT2D eigenvalue weighted by molar-refractivity contribution is 6.26. The topological polar surface area (TPSA) is 32.3 Å². The fourth-order valence-corrected chi connectivity index (χ4v) is 10.7. The second kappa shape index (κ2) is 17.0. The summed E-state index contributed by atoms with van der Waals surface area (Å²) < 4.78 is 0. The molecule has 0 saturated carbocycles. The Bertz CT molecular complexity index is 3470. The third-order valence-electron chi connectivity index (χ3n) is 14.6. The molecule has 0 aliphatic carbocycles. The summed E-state index contributed by atoms with van der Waals surface area (Å²) in [6.07, 6.45) is 3.80. The van der Waals surface area contributed by atoms with E-state index >= 15 is 0 Å². The molecule has 68 heavy (non-hydrogen) atoms. The lowest BCUT2D eigenvalue weighted by Crippen LogP contribution is -2.15. The van der Waals surface area contributed by atoms with Gasteiger partial charge in [0.1, 0.15) is 11.6 Å². The van der Waals surface area contributed by atoms with Crippen molar-refractivity contribution >= 4 is 77.5 Å². The summed E-state index contributed by atoms with van der Waals surface area (Å²) >= 11 is 0. The fraction of sp³-hybridized carbons (Fsp3) is 0.125.